The molecule has 3 N–H and O–H groups in total. The summed E-state index contributed by atoms with van der Waals surface area (Å²) in [5.41, 5.74) is 0. The summed E-state index contributed by atoms with van der Waals surface area (Å²) in [4.78, 5) is 9.68. The number of hydrogen-bond acceptors (Lipinski definition) is 5. The Morgan fingerprint density at radius 3 is 1.94 bits per heavy atom. The number of aldehydes is 1. The van der Waals surface area contributed by atoms with Gasteiger partial charge >= 0.3 is 0 Å². The van der Waals surface area contributed by atoms with Crippen molar-refractivity contribution in [1.82, 2.24) is 0 Å². The lowest BCUT2D eigenvalue weighted by molar-refractivity contribution is -0.111. The molecule has 0 rings (SSSR count). The van der Waals surface area contributed by atoms with E-state index in [2.05, 4.69) is 13.2 Å². The van der Waals surface area contributed by atoms with E-state index in [1.807, 2.05) is 0 Å². The van der Waals surface area contributed by atoms with Crippen LogP contribution in [0.4, 0.5) is 0 Å². The molecule has 0 radical (unpaired) electrons. The molecule has 2 unspecified atom stereocenters. The SMILES string of the molecule is C=CCOCC=C.O=CCC(O)C(O)CO. The highest BCUT2D eigenvalue weighted by atomic mass is 16.5. The molecule has 5 nitrogen and oxygen atoms in total. The summed E-state index contributed by atoms with van der Waals surface area (Å²) in [6.45, 7) is 7.66. The first-order valence-corrected chi connectivity index (χ1v) is 4.84. The zero-order valence-electron chi connectivity index (χ0n) is 9.29. The van der Waals surface area contributed by atoms with Gasteiger partial charge in [-0.05, 0) is 0 Å². The quantitative estimate of drug-likeness (QED) is 0.303. The second-order valence-corrected chi connectivity index (χ2v) is 2.83. The van der Waals surface area contributed by atoms with Crippen LogP contribution >= 0.6 is 0 Å². The van der Waals surface area contributed by atoms with Gasteiger partial charge in [0.05, 0.1) is 25.9 Å². The summed E-state index contributed by atoms with van der Waals surface area (Å²) in [7, 11) is 0. The van der Waals surface area contributed by atoms with Crippen LogP contribution in [-0.4, -0.2) is 53.6 Å². The Hall–Kier alpha value is -1.01. The molecular formula is C11H20O5. The van der Waals surface area contributed by atoms with Gasteiger partial charge in [0, 0.05) is 6.42 Å². The summed E-state index contributed by atoms with van der Waals surface area (Å²) in [5, 5.41) is 25.5. The fourth-order valence-electron chi connectivity index (χ4n) is 0.612. The second-order valence-electron chi connectivity index (χ2n) is 2.83. The van der Waals surface area contributed by atoms with E-state index in [1.165, 1.54) is 0 Å². The van der Waals surface area contributed by atoms with Crippen LogP contribution in [0.15, 0.2) is 25.3 Å². The highest BCUT2D eigenvalue weighted by Gasteiger charge is 2.13. The third kappa shape index (κ3) is 13.0. The predicted octanol–water partition coefficient (Wildman–Crippen LogP) is -0.336. The van der Waals surface area contributed by atoms with Crippen molar-refractivity contribution in [3.63, 3.8) is 0 Å². The standard InChI is InChI=1S/C6H10O.C5H10O4/c1-3-5-7-6-4-2;6-2-1-4(8)5(9)3-7/h3-4H,1-2,5-6H2;2,4-5,7-9H,1,3H2. The Balaban J connectivity index is 0. The second kappa shape index (κ2) is 14.0. The molecule has 0 bridgehead atoms. The van der Waals surface area contributed by atoms with E-state index < -0.39 is 18.8 Å². The number of carbonyl (C=O) groups excluding carboxylic acids is 1. The fraction of sp³-hybridized carbons (Fsp3) is 0.545. The number of ether oxygens (including phenoxy) is 1. The van der Waals surface area contributed by atoms with Crippen LogP contribution in [0.5, 0.6) is 0 Å². The number of carbonyl (C=O) groups is 1. The molecule has 2 atom stereocenters. The predicted molar refractivity (Wildman–Crippen MR) is 61.0 cm³/mol. The summed E-state index contributed by atoms with van der Waals surface area (Å²) in [6.07, 6.45) is 1.45. The molecular weight excluding hydrogens is 212 g/mol. The van der Waals surface area contributed by atoms with Gasteiger partial charge in [-0.2, -0.15) is 0 Å². The molecule has 94 valence electrons. The molecule has 0 aliphatic rings. The van der Waals surface area contributed by atoms with E-state index in [9.17, 15) is 4.79 Å². The number of rotatable bonds is 8. The van der Waals surface area contributed by atoms with Crippen molar-refractivity contribution < 1.29 is 24.9 Å². The highest BCUT2D eigenvalue weighted by molar-refractivity contribution is 5.50. The monoisotopic (exact) mass is 232 g/mol. The number of hydrogen-bond donors (Lipinski definition) is 3. The van der Waals surface area contributed by atoms with E-state index in [4.69, 9.17) is 20.1 Å². The van der Waals surface area contributed by atoms with Crippen LogP contribution in [0.25, 0.3) is 0 Å². The van der Waals surface area contributed by atoms with Crippen molar-refractivity contribution in [2.75, 3.05) is 19.8 Å². The largest absolute Gasteiger partial charge is 0.394 e. The Morgan fingerprint density at radius 2 is 1.62 bits per heavy atom. The first kappa shape index (κ1) is 17.4. The van der Waals surface area contributed by atoms with Gasteiger partial charge < -0.3 is 24.9 Å². The number of aliphatic hydroxyl groups is 3. The molecule has 0 saturated carbocycles. The number of aliphatic hydroxyl groups excluding tert-OH is 3. The van der Waals surface area contributed by atoms with Gasteiger partial charge in [-0.15, -0.1) is 13.2 Å². The van der Waals surface area contributed by atoms with Crippen molar-refractivity contribution >= 4 is 6.29 Å². The van der Waals surface area contributed by atoms with Gasteiger partial charge in [0.25, 0.3) is 0 Å². The van der Waals surface area contributed by atoms with Crippen molar-refractivity contribution in [2.24, 2.45) is 0 Å². The van der Waals surface area contributed by atoms with Gasteiger partial charge in [-0.3, -0.25) is 0 Å². The maximum atomic E-state index is 9.68. The summed E-state index contributed by atoms with van der Waals surface area (Å²) >= 11 is 0. The van der Waals surface area contributed by atoms with Crippen molar-refractivity contribution in [3.8, 4) is 0 Å². The highest BCUT2D eigenvalue weighted by Crippen LogP contribution is 1.94. The van der Waals surface area contributed by atoms with Crippen LogP contribution in [-0.2, 0) is 9.53 Å². The van der Waals surface area contributed by atoms with Crippen molar-refractivity contribution in [1.29, 1.82) is 0 Å². The topological polar surface area (TPSA) is 87.0 Å². The Labute approximate surface area is 95.7 Å². The van der Waals surface area contributed by atoms with Crippen LogP contribution in [0.1, 0.15) is 6.42 Å². The van der Waals surface area contributed by atoms with Crippen LogP contribution in [0, 0.1) is 0 Å². The van der Waals surface area contributed by atoms with Crippen molar-refractivity contribution in [3.05, 3.63) is 25.3 Å². The van der Waals surface area contributed by atoms with E-state index in [0.717, 1.165) is 0 Å². The smallest absolute Gasteiger partial charge is 0.122 e. The summed E-state index contributed by atoms with van der Waals surface area (Å²) < 4.78 is 4.90. The normalized spacial score (nSPS) is 12.9. The molecule has 0 saturated heterocycles. The average Bonchev–Trinajstić information content (AvgIpc) is 2.30. The Bertz CT molecular complexity index is 173. The zero-order valence-corrected chi connectivity index (χ0v) is 9.29. The molecule has 5 heteroatoms. The third-order valence-electron chi connectivity index (χ3n) is 1.44. The average molecular weight is 232 g/mol. The first-order valence-electron chi connectivity index (χ1n) is 4.84. The first-order chi connectivity index (χ1) is 7.63. The Kier molecular flexibility index (Phi) is 15.2. The van der Waals surface area contributed by atoms with Gasteiger partial charge in [0.1, 0.15) is 12.4 Å². The zero-order chi connectivity index (χ0) is 12.8. The minimum atomic E-state index is -1.20. The van der Waals surface area contributed by atoms with Gasteiger partial charge in [-0.1, -0.05) is 12.2 Å². The summed E-state index contributed by atoms with van der Waals surface area (Å²) in [6, 6.07) is 0. The lowest BCUT2D eigenvalue weighted by Gasteiger charge is -2.11. The minimum Gasteiger partial charge on any atom is -0.394 e. The fourth-order valence-corrected chi connectivity index (χ4v) is 0.612. The van der Waals surface area contributed by atoms with Gasteiger partial charge in [0.15, 0.2) is 0 Å². The summed E-state index contributed by atoms with van der Waals surface area (Å²) in [5.74, 6) is 0. The Morgan fingerprint density at radius 1 is 1.12 bits per heavy atom. The molecule has 0 fully saturated rings. The molecule has 16 heavy (non-hydrogen) atoms. The molecule has 0 aromatic heterocycles. The molecule has 0 aliphatic heterocycles. The third-order valence-corrected chi connectivity index (χ3v) is 1.44. The molecule has 0 aromatic carbocycles. The molecule has 0 spiro atoms. The maximum Gasteiger partial charge on any atom is 0.122 e. The van der Waals surface area contributed by atoms with Crippen LogP contribution in [0.2, 0.25) is 0 Å². The van der Waals surface area contributed by atoms with Crippen LogP contribution < -0.4 is 0 Å². The molecule has 0 aliphatic carbocycles. The van der Waals surface area contributed by atoms with E-state index in [0.29, 0.717) is 19.5 Å². The van der Waals surface area contributed by atoms with Crippen LogP contribution in [0.3, 0.4) is 0 Å². The van der Waals surface area contributed by atoms with Gasteiger partial charge in [-0.25, -0.2) is 0 Å². The lowest BCUT2D eigenvalue weighted by atomic mass is 10.2. The van der Waals surface area contributed by atoms with Gasteiger partial charge in [0.2, 0.25) is 0 Å². The molecule has 0 amide bonds. The van der Waals surface area contributed by atoms with E-state index >= 15 is 0 Å². The van der Waals surface area contributed by atoms with Crippen molar-refractivity contribution in [2.45, 2.75) is 18.6 Å². The molecule has 0 aromatic rings. The minimum absolute atomic E-state index is 0.137. The van der Waals surface area contributed by atoms with E-state index in [1.54, 1.807) is 12.2 Å². The molecule has 0 heterocycles. The van der Waals surface area contributed by atoms with E-state index in [-0.39, 0.29) is 6.42 Å². The lowest BCUT2D eigenvalue weighted by Crippen LogP contribution is -2.29. The maximum absolute atomic E-state index is 9.68.